The Hall–Kier alpha value is -1.55. The Bertz CT molecular complexity index is 507. The third-order valence-corrected chi connectivity index (χ3v) is 4.19. The van der Waals surface area contributed by atoms with E-state index in [2.05, 4.69) is 25.2 Å². The summed E-state index contributed by atoms with van der Waals surface area (Å²) in [7, 11) is 0. The molecule has 0 unspecified atom stereocenters. The molecular weight excluding hydrogens is 266 g/mol. The molecule has 4 heteroatoms. The van der Waals surface area contributed by atoms with E-state index in [0.717, 1.165) is 24.2 Å². The lowest BCUT2D eigenvalue weighted by Gasteiger charge is -2.15. The van der Waals surface area contributed by atoms with Gasteiger partial charge in [-0.3, -0.25) is 4.79 Å². The van der Waals surface area contributed by atoms with Gasteiger partial charge in [0.25, 0.3) is 5.91 Å². The highest BCUT2D eigenvalue weighted by molar-refractivity contribution is 5.77. The summed E-state index contributed by atoms with van der Waals surface area (Å²) in [5, 5.41) is 12.1. The first-order chi connectivity index (χ1) is 9.96. The molecule has 1 saturated carbocycles. The smallest absolute Gasteiger partial charge is 0.257 e. The van der Waals surface area contributed by atoms with E-state index in [1.54, 1.807) is 0 Å². The summed E-state index contributed by atoms with van der Waals surface area (Å²) in [6, 6.07) is 6.11. The molecule has 1 aromatic rings. The molecule has 2 rings (SSSR count). The number of ether oxygens (including phenoxy) is 1. The summed E-state index contributed by atoms with van der Waals surface area (Å²) in [5.74, 6) is 1.06. The number of aliphatic hydroxyl groups is 1. The van der Waals surface area contributed by atoms with Crippen LogP contribution in [0.3, 0.4) is 0 Å². The maximum absolute atomic E-state index is 11.8. The Kier molecular flexibility index (Phi) is 4.88. The number of carbonyl (C=O) groups excluding carboxylic acids is 1. The fourth-order valence-electron chi connectivity index (χ4n) is 2.18. The van der Waals surface area contributed by atoms with Crippen LogP contribution >= 0.6 is 0 Å². The molecule has 0 aromatic heterocycles. The van der Waals surface area contributed by atoms with Crippen molar-refractivity contribution in [1.82, 2.24) is 5.32 Å². The molecule has 0 atom stereocenters. The van der Waals surface area contributed by atoms with Crippen LogP contribution in [0.4, 0.5) is 0 Å². The van der Waals surface area contributed by atoms with Gasteiger partial charge in [-0.1, -0.05) is 26.0 Å². The number of rotatable bonds is 7. The number of aryl methyl sites for hydroxylation is 1. The Balaban J connectivity index is 1.84. The fraction of sp³-hybridized carbons (Fsp3) is 0.588. The molecule has 1 aliphatic rings. The van der Waals surface area contributed by atoms with Gasteiger partial charge in [-0.25, -0.2) is 0 Å². The maximum Gasteiger partial charge on any atom is 0.257 e. The molecule has 1 aromatic carbocycles. The van der Waals surface area contributed by atoms with Crippen LogP contribution < -0.4 is 10.1 Å². The van der Waals surface area contributed by atoms with Gasteiger partial charge < -0.3 is 15.2 Å². The van der Waals surface area contributed by atoms with Crippen LogP contribution in [0.25, 0.3) is 0 Å². The third kappa shape index (κ3) is 4.21. The minimum atomic E-state index is -0.135. The monoisotopic (exact) mass is 291 g/mol. The standard InChI is InChI=1S/C17H25NO3/c1-12(2)14-5-4-13(3)15(8-14)21-9-16(20)18-10-17(11-19)6-7-17/h4-5,8,12,19H,6-7,9-11H2,1-3H3,(H,18,20). The molecule has 0 aliphatic heterocycles. The van der Waals surface area contributed by atoms with Gasteiger partial charge in [0.1, 0.15) is 5.75 Å². The van der Waals surface area contributed by atoms with E-state index in [1.165, 1.54) is 5.56 Å². The second kappa shape index (κ2) is 6.48. The summed E-state index contributed by atoms with van der Waals surface area (Å²) >= 11 is 0. The van der Waals surface area contributed by atoms with Crippen LogP contribution in [-0.2, 0) is 4.79 Å². The van der Waals surface area contributed by atoms with E-state index in [-0.39, 0.29) is 24.5 Å². The first-order valence-electron chi connectivity index (χ1n) is 7.57. The van der Waals surface area contributed by atoms with Gasteiger partial charge in [-0.2, -0.15) is 0 Å². The predicted octanol–water partition coefficient (Wildman–Crippen LogP) is 2.39. The molecule has 116 valence electrons. The van der Waals surface area contributed by atoms with Crippen LogP contribution in [0.5, 0.6) is 5.75 Å². The van der Waals surface area contributed by atoms with Crippen molar-refractivity contribution in [2.24, 2.45) is 5.41 Å². The van der Waals surface area contributed by atoms with Gasteiger partial charge in [0.05, 0.1) is 6.61 Å². The Morgan fingerprint density at radius 2 is 2.14 bits per heavy atom. The largest absolute Gasteiger partial charge is 0.483 e. The van der Waals surface area contributed by atoms with Gasteiger partial charge in [0.2, 0.25) is 0 Å². The number of hydrogen-bond donors (Lipinski definition) is 2. The van der Waals surface area contributed by atoms with Crippen molar-refractivity contribution < 1.29 is 14.6 Å². The zero-order chi connectivity index (χ0) is 15.5. The van der Waals surface area contributed by atoms with Crippen molar-refractivity contribution in [3.63, 3.8) is 0 Å². The quantitative estimate of drug-likeness (QED) is 0.811. The van der Waals surface area contributed by atoms with Crippen LogP contribution in [0.1, 0.15) is 43.7 Å². The average Bonchev–Trinajstić information content (AvgIpc) is 3.24. The molecule has 1 amide bonds. The zero-order valence-corrected chi connectivity index (χ0v) is 13.1. The molecule has 21 heavy (non-hydrogen) atoms. The lowest BCUT2D eigenvalue weighted by atomic mass is 10.0. The minimum Gasteiger partial charge on any atom is -0.483 e. The first kappa shape index (κ1) is 15.8. The number of amides is 1. The second-order valence-corrected chi connectivity index (χ2v) is 6.40. The van der Waals surface area contributed by atoms with Gasteiger partial charge in [0, 0.05) is 12.0 Å². The van der Waals surface area contributed by atoms with Gasteiger partial charge in [-0.05, 0) is 42.9 Å². The van der Waals surface area contributed by atoms with Crippen LogP contribution in [0.2, 0.25) is 0 Å². The van der Waals surface area contributed by atoms with Crippen molar-refractivity contribution in [2.75, 3.05) is 19.8 Å². The normalized spacial score (nSPS) is 15.9. The molecule has 1 aliphatic carbocycles. The highest BCUT2D eigenvalue weighted by Gasteiger charge is 2.42. The minimum absolute atomic E-state index is 0.0178. The molecule has 2 N–H and O–H groups in total. The average molecular weight is 291 g/mol. The van der Waals surface area contributed by atoms with Crippen molar-refractivity contribution in [3.8, 4) is 5.75 Å². The van der Waals surface area contributed by atoms with E-state index >= 15 is 0 Å². The Labute approximate surface area is 126 Å². The molecule has 1 fully saturated rings. The number of nitrogens with one attached hydrogen (secondary N) is 1. The van der Waals surface area contributed by atoms with Crippen molar-refractivity contribution in [2.45, 2.75) is 39.5 Å². The summed E-state index contributed by atoms with van der Waals surface area (Å²) < 4.78 is 5.63. The second-order valence-electron chi connectivity index (χ2n) is 6.40. The molecule has 4 nitrogen and oxygen atoms in total. The highest BCUT2D eigenvalue weighted by Crippen LogP contribution is 2.44. The SMILES string of the molecule is Cc1ccc(C(C)C)cc1OCC(=O)NCC1(CO)CC1. The lowest BCUT2D eigenvalue weighted by molar-refractivity contribution is -0.123. The highest BCUT2D eigenvalue weighted by atomic mass is 16.5. The number of hydrogen-bond acceptors (Lipinski definition) is 3. The van der Waals surface area contributed by atoms with E-state index in [4.69, 9.17) is 4.74 Å². The number of aliphatic hydroxyl groups excluding tert-OH is 1. The zero-order valence-electron chi connectivity index (χ0n) is 13.1. The maximum atomic E-state index is 11.8. The van der Waals surface area contributed by atoms with Crippen molar-refractivity contribution in [1.29, 1.82) is 0 Å². The van der Waals surface area contributed by atoms with Gasteiger partial charge >= 0.3 is 0 Å². The van der Waals surface area contributed by atoms with E-state index in [1.807, 2.05) is 19.1 Å². The molecule has 0 radical (unpaired) electrons. The van der Waals surface area contributed by atoms with E-state index in [9.17, 15) is 9.90 Å². The predicted molar refractivity (Wildman–Crippen MR) is 82.5 cm³/mol. The first-order valence-corrected chi connectivity index (χ1v) is 7.57. The topological polar surface area (TPSA) is 58.6 Å². The third-order valence-electron chi connectivity index (χ3n) is 4.19. The molecule has 0 spiro atoms. The lowest BCUT2D eigenvalue weighted by Crippen LogP contribution is -2.35. The summed E-state index contributed by atoms with van der Waals surface area (Å²) in [6.07, 6.45) is 1.97. The molecular formula is C17H25NO3. The molecule has 0 saturated heterocycles. The Morgan fingerprint density at radius 1 is 1.43 bits per heavy atom. The molecule has 0 bridgehead atoms. The van der Waals surface area contributed by atoms with E-state index in [0.29, 0.717) is 12.5 Å². The number of benzene rings is 1. The van der Waals surface area contributed by atoms with Gasteiger partial charge in [-0.15, -0.1) is 0 Å². The Morgan fingerprint density at radius 3 is 2.71 bits per heavy atom. The van der Waals surface area contributed by atoms with Crippen molar-refractivity contribution in [3.05, 3.63) is 29.3 Å². The van der Waals surface area contributed by atoms with Crippen LogP contribution in [0, 0.1) is 12.3 Å². The number of carbonyl (C=O) groups is 1. The van der Waals surface area contributed by atoms with Crippen LogP contribution in [0.15, 0.2) is 18.2 Å². The summed E-state index contributed by atoms with van der Waals surface area (Å²) in [5.41, 5.74) is 2.16. The molecule has 0 heterocycles. The van der Waals surface area contributed by atoms with Gasteiger partial charge in [0.15, 0.2) is 6.61 Å². The van der Waals surface area contributed by atoms with E-state index < -0.39 is 0 Å². The van der Waals surface area contributed by atoms with Crippen molar-refractivity contribution >= 4 is 5.91 Å². The van der Waals surface area contributed by atoms with Crippen LogP contribution in [-0.4, -0.2) is 30.8 Å². The summed E-state index contributed by atoms with van der Waals surface area (Å²) in [6.45, 7) is 6.93. The summed E-state index contributed by atoms with van der Waals surface area (Å²) in [4.78, 5) is 11.8. The fourth-order valence-corrected chi connectivity index (χ4v) is 2.18.